The van der Waals surface area contributed by atoms with Crippen LogP contribution in [0.1, 0.15) is 36.5 Å². The van der Waals surface area contributed by atoms with Crippen molar-refractivity contribution in [3.63, 3.8) is 0 Å². The van der Waals surface area contributed by atoms with Crippen molar-refractivity contribution >= 4 is 5.78 Å². The second-order valence-electron chi connectivity index (χ2n) is 5.42. The number of halogens is 2. The number of nitrogens with zero attached hydrogens (tertiary/aromatic N) is 1. The van der Waals surface area contributed by atoms with Gasteiger partial charge in [0.2, 0.25) is 0 Å². The van der Waals surface area contributed by atoms with Gasteiger partial charge >= 0.3 is 0 Å². The molecule has 1 aromatic carbocycles. The first-order valence-electron chi connectivity index (χ1n) is 7.42. The van der Waals surface area contributed by atoms with Gasteiger partial charge in [-0.05, 0) is 44.0 Å². The molecule has 1 atom stereocenters. The van der Waals surface area contributed by atoms with Gasteiger partial charge in [-0.1, -0.05) is 6.92 Å². The van der Waals surface area contributed by atoms with E-state index in [0.717, 1.165) is 51.1 Å². The van der Waals surface area contributed by atoms with Gasteiger partial charge in [0.15, 0.2) is 17.4 Å². The fourth-order valence-electron chi connectivity index (χ4n) is 2.54. The van der Waals surface area contributed by atoms with Gasteiger partial charge < -0.3 is 4.74 Å². The second-order valence-corrected chi connectivity index (χ2v) is 5.42. The van der Waals surface area contributed by atoms with Gasteiger partial charge in [-0.25, -0.2) is 8.78 Å². The lowest BCUT2D eigenvalue weighted by atomic mass is 10.1. The lowest BCUT2D eigenvalue weighted by Crippen LogP contribution is -2.42. The van der Waals surface area contributed by atoms with E-state index >= 15 is 0 Å². The first-order valence-corrected chi connectivity index (χ1v) is 7.42. The summed E-state index contributed by atoms with van der Waals surface area (Å²) < 4.78 is 31.8. The summed E-state index contributed by atoms with van der Waals surface area (Å²) in [5.41, 5.74) is 0.213. The van der Waals surface area contributed by atoms with Gasteiger partial charge in [0, 0.05) is 18.7 Å². The number of hydrogen-bond donors (Lipinski definition) is 0. The van der Waals surface area contributed by atoms with E-state index < -0.39 is 11.6 Å². The molecule has 0 spiro atoms. The summed E-state index contributed by atoms with van der Waals surface area (Å²) in [4.78, 5) is 14.1. The van der Waals surface area contributed by atoms with Crippen LogP contribution in [0.5, 0.6) is 0 Å². The number of Topliss-reactive ketones (excluding diaryl/α,β-unsaturated/α-hetero) is 1. The predicted octanol–water partition coefficient (Wildman–Crippen LogP) is 3.04. The summed E-state index contributed by atoms with van der Waals surface area (Å²) in [6.07, 6.45) is 3.14. The third-order valence-corrected chi connectivity index (χ3v) is 3.63. The van der Waals surface area contributed by atoms with Crippen LogP contribution in [0.4, 0.5) is 8.78 Å². The van der Waals surface area contributed by atoms with E-state index in [9.17, 15) is 13.6 Å². The third kappa shape index (κ3) is 4.58. The minimum absolute atomic E-state index is 0.163. The molecule has 0 bridgehead atoms. The lowest BCUT2D eigenvalue weighted by Gasteiger charge is -2.32. The van der Waals surface area contributed by atoms with Crippen molar-refractivity contribution in [2.24, 2.45) is 0 Å². The molecule has 1 heterocycles. The number of hydrogen-bond acceptors (Lipinski definition) is 3. The number of rotatable bonds is 6. The maximum absolute atomic E-state index is 13.2. The van der Waals surface area contributed by atoms with Crippen LogP contribution >= 0.6 is 0 Å². The number of carbonyl (C=O) groups is 1. The highest BCUT2D eigenvalue weighted by Gasteiger charge is 2.22. The largest absolute Gasteiger partial charge is 0.377 e. The average molecular weight is 297 g/mol. The van der Waals surface area contributed by atoms with Crippen molar-refractivity contribution in [1.29, 1.82) is 0 Å². The number of ether oxygens (including phenoxy) is 1. The minimum atomic E-state index is -0.983. The Morgan fingerprint density at radius 2 is 2.19 bits per heavy atom. The molecular formula is C16H21F2NO2. The Bertz CT molecular complexity index is 493. The van der Waals surface area contributed by atoms with Crippen molar-refractivity contribution in [2.75, 3.05) is 26.2 Å². The van der Waals surface area contributed by atoms with E-state index in [0.29, 0.717) is 0 Å². The lowest BCUT2D eigenvalue weighted by molar-refractivity contribution is 0.00130. The normalized spacial score (nSPS) is 19.7. The standard InChI is InChI=1S/C16H21F2NO2/c1-2-8-21-13-4-3-7-19(10-13)11-16(20)12-5-6-14(17)15(18)9-12/h5-6,9,13H,2-4,7-8,10-11H2,1H3. The van der Waals surface area contributed by atoms with Crippen LogP contribution in [0, 0.1) is 11.6 Å². The Kier molecular flexibility index (Phi) is 5.82. The highest BCUT2D eigenvalue weighted by Crippen LogP contribution is 2.15. The molecule has 21 heavy (non-hydrogen) atoms. The summed E-state index contributed by atoms with van der Waals surface area (Å²) in [5.74, 6) is -2.11. The predicted molar refractivity (Wildman–Crippen MR) is 76.4 cm³/mol. The zero-order valence-electron chi connectivity index (χ0n) is 12.3. The second kappa shape index (κ2) is 7.61. The molecule has 1 saturated heterocycles. The van der Waals surface area contributed by atoms with Gasteiger partial charge in [-0.15, -0.1) is 0 Å². The Balaban J connectivity index is 1.90. The maximum atomic E-state index is 13.2. The highest BCUT2D eigenvalue weighted by molar-refractivity contribution is 5.97. The van der Waals surface area contributed by atoms with Crippen molar-refractivity contribution < 1.29 is 18.3 Å². The molecule has 1 aliphatic heterocycles. The molecule has 0 aromatic heterocycles. The fourth-order valence-corrected chi connectivity index (χ4v) is 2.54. The topological polar surface area (TPSA) is 29.5 Å². The monoisotopic (exact) mass is 297 g/mol. The van der Waals surface area contributed by atoms with E-state index in [4.69, 9.17) is 4.74 Å². The molecule has 1 unspecified atom stereocenters. The van der Waals surface area contributed by atoms with E-state index in [1.807, 2.05) is 4.90 Å². The van der Waals surface area contributed by atoms with Gasteiger partial charge in [-0.2, -0.15) is 0 Å². The Labute approximate surface area is 123 Å². The third-order valence-electron chi connectivity index (χ3n) is 3.63. The molecule has 1 aliphatic rings. The molecule has 1 fully saturated rings. The van der Waals surface area contributed by atoms with Crippen LogP contribution in [0.15, 0.2) is 18.2 Å². The Morgan fingerprint density at radius 3 is 2.90 bits per heavy atom. The smallest absolute Gasteiger partial charge is 0.176 e. The van der Waals surface area contributed by atoms with Crippen LogP contribution in [0.25, 0.3) is 0 Å². The van der Waals surface area contributed by atoms with Crippen molar-refractivity contribution in [1.82, 2.24) is 4.90 Å². The van der Waals surface area contributed by atoms with E-state index in [2.05, 4.69) is 6.92 Å². The van der Waals surface area contributed by atoms with Crippen molar-refractivity contribution in [3.05, 3.63) is 35.4 Å². The quantitative estimate of drug-likeness (QED) is 0.756. The molecule has 3 nitrogen and oxygen atoms in total. The molecule has 0 radical (unpaired) electrons. The first-order chi connectivity index (χ1) is 10.1. The van der Waals surface area contributed by atoms with Gasteiger partial charge in [-0.3, -0.25) is 9.69 Å². The molecule has 0 aliphatic carbocycles. The van der Waals surface area contributed by atoms with Gasteiger partial charge in [0.1, 0.15) is 0 Å². The van der Waals surface area contributed by atoms with Crippen LogP contribution in [-0.2, 0) is 4.74 Å². The number of likely N-dealkylation sites (tertiary alicyclic amines) is 1. The van der Waals surface area contributed by atoms with Crippen LogP contribution < -0.4 is 0 Å². The summed E-state index contributed by atoms with van der Waals surface area (Å²) >= 11 is 0. The zero-order valence-corrected chi connectivity index (χ0v) is 12.3. The van der Waals surface area contributed by atoms with Crippen LogP contribution in [0.2, 0.25) is 0 Å². The maximum Gasteiger partial charge on any atom is 0.176 e. The van der Waals surface area contributed by atoms with Crippen molar-refractivity contribution in [2.45, 2.75) is 32.3 Å². The molecule has 0 amide bonds. The van der Waals surface area contributed by atoms with Crippen molar-refractivity contribution in [3.8, 4) is 0 Å². The van der Waals surface area contributed by atoms with E-state index in [1.165, 1.54) is 6.07 Å². The summed E-state index contributed by atoms with van der Waals surface area (Å²) in [6.45, 7) is 4.57. The Hall–Kier alpha value is -1.33. The molecule has 2 rings (SSSR count). The zero-order chi connectivity index (χ0) is 15.2. The van der Waals surface area contributed by atoms with Crippen LogP contribution in [-0.4, -0.2) is 43.0 Å². The SMILES string of the molecule is CCCOC1CCCN(CC(=O)c2ccc(F)c(F)c2)C1. The van der Waals surface area contributed by atoms with E-state index in [1.54, 1.807) is 0 Å². The highest BCUT2D eigenvalue weighted by atomic mass is 19.2. The van der Waals surface area contributed by atoms with Crippen LogP contribution in [0.3, 0.4) is 0 Å². The molecule has 5 heteroatoms. The molecule has 0 saturated carbocycles. The first kappa shape index (κ1) is 16.0. The minimum Gasteiger partial charge on any atom is -0.377 e. The Morgan fingerprint density at radius 1 is 1.38 bits per heavy atom. The average Bonchev–Trinajstić information content (AvgIpc) is 2.48. The molecule has 1 aromatic rings. The molecule has 0 N–H and O–H groups in total. The fraction of sp³-hybridized carbons (Fsp3) is 0.562. The van der Waals surface area contributed by atoms with E-state index in [-0.39, 0.29) is 24.0 Å². The summed E-state index contributed by atoms with van der Waals surface area (Å²) in [6, 6.07) is 3.29. The summed E-state index contributed by atoms with van der Waals surface area (Å²) in [7, 11) is 0. The van der Waals surface area contributed by atoms with Gasteiger partial charge in [0.25, 0.3) is 0 Å². The summed E-state index contributed by atoms with van der Waals surface area (Å²) in [5, 5.41) is 0. The number of carbonyl (C=O) groups excluding carboxylic acids is 1. The number of benzene rings is 1. The number of ketones is 1. The number of piperidine rings is 1. The molecular weight excluding hydrogens is 276 g/mol. The van der Waals surface area contributed by atoms with Gasteiger partial charge in [0.05, 0.1) is 12.6 Å². The molecule has 116 valence electrons.